The number of aromatic amines is 1. The van der Waals surface area contributed by atoms with Crippen molar-refractivity contribution in [1.82, 2.24) is 10.3 Å². The number of aromatic nitrogens is 1. The number of pyridine rings is 1. The van der Waals surface area contributed by atoms with E-state index in [4.69, 9.17) is 9.47 Å². The Bertz CT molecular complexity index is 1070. The zero-order valence-corrected chi connectivity index (χ0v) is 17.0. The smallest absolute Gasteiger partial charge is 0.251 e. The number of carbonyl (C=O) groups is 1. The fraction of sp³-hybridized carbons (Fsp3) is 0.304. The van der Waals surface area contributed by atoms with Crippen molar-refractivity contribution in [3.05, 3.63) is 69.5 Å². The molecule has 1 amide bonds. The predicted molar refractivity (Wildman–Crippen MR) is 114 cm³/mol. The summed E-state index contributed by atoms with van der Waals surface area (Å²) in [5, 5.41) is 3.84. The van der Waals surface area contributed by atoms with Crippen LogP contribution in [0.3, 0.4) is 0 Å². The molecule has 2 N–H and O–H groups in total. The lowest BCUT2D eigenvalue weighted by atomic mass is 10.1. The number of carbonyl (C=O) groups excluding carboxylic acids is 1. The quantitative estimate of drug-likeness (QED) is 0.615. The van der Waals surface area contributed by atoms with E-state index in [1.165, 1.54) is 0 Å². The number of amides is 1. The van der Waals surface area contributed by atoms with Gasteiger partial charge in [0.25, 0.3) is 5.56 Å². The number of aryl methyl sites for hydroxylation is 2. The van der Waals surface area contributed by atoms with E-state index < -0.39 is 0 Å². The van der Waals surface area contributed by atoms with E-state index in [2.05, 4.69) is 10.3 Å². The largest absolute Gasteiger partial charge is 0.496 e. The van der Waals surface area contributed by atoms with E-state index in [1.807, 2.05) is 49.4 Å². The first-order chi connectivity index (χ1) is 14.0. The zero-order chi connectivity index (χ0) is 20.8. The van der Waals surface area contributed by atoms with Gasteiger partial charge in [-0.1, -0.05) is 24.3 Å². The summed E-state index contributed by atoms with van der Waals surface area (Å²) in [6.07, 6.45) is 1.43. The molecule has 0 unspecified atom stereocenters. The average Bonchev–Trinajstić information content (AvgIpc) is 2.73. The molecule has 0 saturated carbocycles. The molecule has 0 aliphatic carbocycles. The summed E-state index contributed by atoms with van der Waals surface area (Å²) < 4.78 is 10.6. The zero-order valence-electron chi connectivity index (χ0n) is 17.0. The Kier molecular flexibility index (Phi) is 6.54. The van der Waals surface area contributed by atoms with E-state index in [0.29, 0.717) is 42.6 Å². The number of para-hydroxylation sites is 1. The minimum absolute atomic E-state index is 0.0500. The van der Waals surface area contributed by atoms with Gasteiger partial charge in [0.15, 0.2) is 0 Å². The topological polar surface area (TPSA) is 80.4 Å². The number of fused-ring (bicyclic) bond motifs is 1. The summed E-state index contributed by atoms with van der Waals surface area (Å²) in [6, 6.07) is 13.4. The maximum atomic E-state index is 12.4. The van der Waals surface area contributed by atoms with Gasteiger partial charge in [0.05, 0.1) is 19.7 Å². The molecule has 3 rings (SSSR count). The van der Waals surface area contributed by atoms with Gasteiger partial charge in [0.2, 0.25) is 5.91 Å². The van der Waals surface area contributed by atoms with Gasteiger partial charge in [-0.2, -0.15) is 0 Å². The maximum absolute atomic E-state index is 12.4. The molecule has 0 atom stereocenters. The molecule has 0 fully saturated rings. The van der Waals surface area contributed by atoms with Crippen LogP contribution in [0.2, 0.25) is 0 Å². The van der Waals surface area contributed by atoms with E-state index in [1.54, 1.807) is 14.2 Å². The molecule has 0 aliphatic heterocycles. The SMILES string of the molecule is COc1ccccc1CCC(=O)NCCc1cc2c(C)ccc(OC)c2[nH]c1=O. The molecule has 152 valence electrons. The van der Waals surface area contributed by atoms with Crippen LogP contribution in [-0.4, -0.2) is 31.7 Å². The number of nitrogens with one attached hydrogen (secondary N) is 2. The first-order valence-electron chi connectivity index (χ1n) is 9.61. The summed E-state index contributed by atoms with van der Waals surface area (Å²) in [6.45, 7) is 2.39. The monoisotopic (exact) mass is 394 g/mol. The fourth-order valence-corrected chi connectivity index (χ4v) is 3.39. The van der Waals surface area contributed by atoms with Crippen LogP contribution in [0.4, 0.5) is 0 Å². The minimum atomic E-state index is -0.162. The Morgan fingerprint density at radius 3 is 2.52 bits per heavy atom. The number of hydrogen-bond acceptors (Lipinski definition) is 4. The van der Waals surface area contributed by atoms with E-state index >= 15 is 0 Å². The highest BCUT2D eigenvalue weighted by molar-refractivity contribution is 5.87. The number of methoxy groups -OCH3 is 2. The van der Waals surface area contributed by atoms with Crippen molar-refractivity contribution >= 4 is 16.8 Å². The molecule has 0 saturated heterocycles. The van der Waals surface area contributed by atoms with Crippen molar-refractivity contribution in [3.63, 3.8) is 0 Å². The molecular weight excluding hydrogens is 368 g/mol. The van der Waals surface area contributed by atoms with Crippen LogP contribution in [0.1, 0.15) is 23.1 Å². The van der Waals surface area contributed by atoms with Crippen LogP contribution in [0, 0.1) is 6.92 Å². The molecule has 1 heterocycles. The van der Waals surface area contributed by atoms with Gasteiger partial charge in [0.1, 0.15) is 11.5 Å². The number of rotatable bonds is 8. The Hall–Kier alpha value is -3.28. The van der Waals surface area contributed by atoms with Crippen LogP contribution < -0.4 is 20.3 Å². The highest BCUT2D eigenvalue weighted by Gasteiger charge is 2.10. The third-order valence-corrected chi connectivity index (χ3v) is 5.02. The Labute approximate surface area is 169 Å². The third-order valence-electron chi connectivity index (χ3n) is 5.02. The van der Waals surface area contributed by atoms with E-state index in [-0.39, 0.29) is 11.5 Å². The molecule has 0 radical (unpaired) electrons. The Morgan fingerprint density at radius 1 is 1.00 bits per heavy atom. The molecule has 3 aromatic rings. The molecule has 29 heavy (non-hydrogen) atoms. The lowest BCUT2D eigenvalue weighted by Gasteiger charge is -2.10. The highest BCUT2D eigenvalue weighted by Crippen LogP contribution is 2.25. The van der Waals surface area contributed by atoms with Gasteiger partial charge in [-0.3, -0.25) is 9.59 Å². The second kappa shape index (κ2) is 9.28. The molecule has 2 aromatic carbocycles. The minimum Gasteiger partial charge on any atom is -0.496 e. The van der Waals surface area contributed by atoms with Crippen LogP contribution in [-0.2, 0) is 17.6 Å². The van der Waals surface area contributed by atoms with Gasteiger partial charge < -0.3 is 19.8 Å². The number of H-pyrrole nitrogens is 1. The van der Waals surface area contributed by atoms with Gasteiger partial charge in [-0.15, -0.1) is 0 Å². The molecule has 0 bridgehead atoms. The molecule has 6 nitrogen and oxygen atoms in total. The number of benzene rings is 2. The van der Waals surface area contributed by atoms with Crippen LogP contribution in [0.15, 0.2) is 47.3 Å². The predicted octanol–water partition coefficient (Wildman–Crippen LogP) is 3.15. The van der Waals surface area contributed by atoms with Gasteiger partial charge in [-0.05, 0) is 49.1 Å². The van der Waals surface area contributed by atoms with E-state index in [9.17, 15) is 9.59 Å². The summed E-state index contributed by atoms with van der Waals surface area (Å²) in [4.78, 5) is 27.5. The first kappa shape index (κ1) is 20.5. The van der Waals surface area contributed by atoms with Crippen molar-refractivity contribution in [1.29, 1.82) is 0 Å². The summed E-state index contributed by atoms with van der Waals surface area (Å²) in [7, 11) is 3.20. The van der Waals surface area contributed by atoms with Crippen molar-refractivity contribution in [3.8, 4) is 11.5 Å². The molecule has 0 aliphatic rings. The molecule has 0 spiro atoms. The van der Waals surface area contributed by atoms with Crippen LogP contribution in [0.5, 0.6) is 11.5 Å². The Morgan fingerprint density at radius 2 is 1.76 bits per heavy atom. The fourth-order valence-electron chi connectivity index (χ4n) is 3.39. The van der Waals surface area contributed by atoms with Crippen molar-refractivity contribution in [2.75, 3.05) is 20.8 Å². The standard InChI is InChI=1S/C23H26N2O4/c1-15-8-10-20(29-3)22-18(15)14-17(23(27)25-22)12-13-24-21(26)11-9-16-6-4-5-7-19(16)28-2/h4-8,10,14H,9,11-13H2,1-3H3,(H,24,26)(H,25,27). The van der Waals surface area contributed by atoms with Crippen molar-refractivity contribution in [2.45, 2.75) is 26.2 Å². The second-order valence-corrected chi connectivity index (χ2v) is 6.91. The van der Waals surface area contributed by atoms with Crippen LogP contribution >= 0.6 is 0 Å². The van der Waals surface area contributed by atoms with Gasteiger partial charge in [-0.25, -0.2) is 0 Å². The second-order valence-electron chi connectivity index (χ2n) is 6.91. The molecule has 6 heteroatoms. The normalized spacial score (nSPS) is 10.7. The van der Waals surface area contributed by atoms with E-state index in [0.717, 1.165) is 22.3 Å². The molecule has 1 aromatic heterocycles. The highest BCUT2D eigenvalue weighted by atomic mass is 16.5. The number of ether oxygens (including phenoxy) is 2. The van der Waals surface area contributed by atoms with Gasteiger partial charge >= 0.3 is 0 Å². The summed E-state index contributed by atoms with van der Waals surface area (Å²) in [5.74, 6) is 1.37. The lowest BCUT2D eigenvalue weighted by molar-refractivity contribution is -0.121. The molecular formula is C23H26N2O4. The van der Waals surface area contributed by atoms with Crippen molar-refractivity contribution in [2.24, 2.45) is 0 Å². The summed E-state index contributed by atoms with van der Waals surface area (Å²) in [5.41, 5.74) is 3.23. The number of hydrogen-bond donors (Lipinski definition) is 2. The third kappa shape index (κ3) is 4.77. The summed E-state index contributed by atoms with van der Waals surface area (Å²) >= 11 is 0. The first-order valence-corrected chi connectivity index (χ1v) is 9.61. The van der Waals surface area contributed by atoms with Crippen LogP contribution in [0.25, 0.3) is 10.9 Å². The van der Waals surface area contributed by atoms with Crippen molar-refractivity contribution < 1.29 is 14.3 Å². The average molecular weight is 394 g/mol. The maximum Gasteiger partial charge on any atom is 0.251 e. The lowest BCUT2D eigenvalue weighted by Crippen LogP contribution is -2.27. The van der Waals surface area contributed by atoms with Gasteiger partial charge in [0, 0.05) is 23.9 Å². The Balaban J connectivity index is 1.61.